The lowest BCUT2D eigenvalue weighted by Gasteiger charge is -2.20. The molecule has 1 aromatic heterocycles. The van der Waals surface area contributed by atoms with Gasteiger partial charge in [-0.15, -0.1) is 0 Å². The third kappa shape index (κ3) is 7.44. The van der Waals surface area contributed by atoms with Gasteiger partial charge in [0, 0.05) is 22.9 Å². The number of carbonyl (C=O) groups excluding carboxylic acids is 2. The highest BCUT2D eigenvalue weighted by molar-refractivity contribution is 5.93. The van der Waals surface area contributed by atoms with E-state index in [1.54, 1.807) is 0 Å². The standard InChI is InChI=1S/C32H33N3O5/c1-2-26(22-11-5-3-6-12-22)34-29(37)21-25-24-15-9-10-16-27(24)35-31(23-13-7-4-8-14-23)32(25)40-20-19-33-28(36)17-18-30(38)39/h3-16,26H,2,17-21H2,1H3,(H,33,36)(H,34,37)(H,38,39)/t26-/m0/s1. The van der Waals surface area contributed by atoms with Crippen LogP contribution in [0.1, 0.15) is 43.4 Å². The molecular formula is C32H33N3O5. The van der Waals surface area contributed by atoms with Gasteiger partial charge in [-0.1, -0.05) is 85.8 Å². The van der Waals surface area contributed by atoms with E-state index in [2.05, 4.69) is 10.6 Å². The first-order valence-corrected chi connectivity index (χ1v) is 13.4. The van der Waals surface area contributed by atoms with Crippen LogP contribution < -0.4 is 15.4 Å². The molecule has 0 saturated heterocycles. The van der Waals surface area contributed by atoms with Crippen LogP contribution in [-0.2, 0) is 20.8 Å². The molecule has 3 aromatic carbocycles. The molecule has 0 fully saturated rings. The molecule has 1 atom stereocenters. The largest absolute Gasteiger partial charge is 0.489 e. The smallest absolute Gasteiger partial charge is 0.303 e. The number of carboxylic acid groups (broad SMARTS) is 1. The Morgan fingerprint density at radius 3 is 2.25 bits per heavy atom. The van der Waals surface area contributed by atoms with Gasteiger partial charge in [-0.05, 0) is 18.1 Å². The van der Waals surface area contributed by atoms with E-state index in [0.717, 1.165) is 28.5 Å². The maximum Gasteiger partial charge on any atom is 0.303 e. The summed E-state index contributed by atoms with van der Waals surface area (Å²) >= 11 is 0. The van der Waals surface area contributed by atoms with Gasteiger partial charge >= 0.3 is 5.97 Å². The van der Waals surface area contributed by atoms with Crippen LogP contribution in [0, 0.1) is 0 Å². The summed E-state index contributed by atoms with van der Waals surface area (Å²) in [4.78, 5) is 41.1. The number of pyridine rings is 1. The Morgan fingerprint density at radius 1 is 0.875 bits per heavy atom. The first kappa shape index (κ1) is 28.3. The van der Waals surface area contributed by atoms with Gasteiger partial charge in [-0.2, -0.15) is 0 Å². The van der Waals surface area contributed by atoms with Gasteiger partial charge in [-0.3, -0.25) is 14.4 Å². The number of carboxylic acids is 1. The Hall–Kier alpha value is -4.72. The van der Waals surface area contributed by atoms with Crippen molar-refractivity contribution in [2.75, 3.05) is 13.2 Å². The number of fused-ring (bicyclic) bond motifs is 1. The molecule has 0 spiro atoms. The number of carbonyl (C=O) groups is 3. The van der Waals surface area contributed by atoms with E-state index in [1.165, 1.54) is 0 Å². The topological polar surface area (TPSA) is 118 Å². The van der Waals surface area contributed by atoms with Gasteiger partial charge in [0.2, 0.25) is 11.8 Å². The number of hydrogen-bond donors (Lipinski definition) is 3. The molecule has 0 aliphatic heterocycles. The van der Waals surface area contributed by atoms with Crippen LogP contribution in [0.5, 0.6) is 5.75 Å². The van der Waals surface area contributed by atoms with Crippen molar-refractivity contribution in [1.82, 2.24) is 15.6 Å². The Bertz CT molecular complexity index is 1460. The minimum Gasteiger partial charge on any atom is -0.489 e. The van der Waals surface area contributed by atoms with Crippen molar-refractivity contribution in [1.29, 1.82) is 0 Å². The van der Waals surface area contributed by atoms with Crippen molar-refractivity contribution in [3.05, 3.63) is 96.1 Å². The highest BCUT2D eigenvalue weighted by Gasteiger charge is 2.22. The van der Waals surface area contributed by atoms with E-state index in [-0.39, 0.29) is 50.3 Å². The van der Waals surface area contributed by atoms with Crippen LogP contribution in [0.2, 0.25) is 0 Å². The SMILES string of the molecule is CC[C@H](NC(=O)Cc1c(OCCNC(=O)CCC(=O)O)c(-c2ccccc2)nc2ccccc12)c1ccccc1. The lowest BCUT2D eigenvalue weighted by atomic mass is 9.99. The predicted octanol–water partition coefficient (Wildman–Crippen LogP) is 5.07. The number of aliphatic carboxylic acids is 1. The maximum atomic E-state index is 13.5. The van der Waals surface area contributed by atoms with Crippen LogP contribution in [0.15, 0.2) is 84.9 Å². The van der Waals surface area contributed by atoms with E-state index >= 15 is 0 Å². The fourth-order valence-electron chi connectivity index (χ4n) is 4.55. The Morgan fingerprint density at radius 2 is 1.55 bits per heavy atom. The van der Waals surface area contributed by atoms with E-state index in [1.807, 2.05) is 91.9 Å². The lowest BCUT2D eigenvalue weighted by molar-refractivity contribution is -0.138. The predicted molar refractivity (Wildman–Crippen MR) is 154 cm³/mol. The molecule has 0 radical (unpaired) electrons. The van der Waals surface area contributed by atoms with Crippen molar-refractivity contribution in [3.63, 3.8) is 0 Å². The van der Waals surface area contributed by atoms with Crippen molar-refractivity contribution >= 4 is 28.7 Å². The number of rotatable bonds is 13. The van der Waals surface area contributed by atoms with Gasteiger partial charge in [0.1, 0.15) is 18.1 Å². The lowest BCUT2D eigenvalue weighted by Crippen LogP contribution is -2.30. The molecule has 8 nitrogen and oxygen atoms in total. The molecule has 40 heavy (non-hydrogen) atoms. The highest BCUT2D eigenvalue weighted by Crippen LogP contribution is 2.37. The third-order valence-electron chi connectivity index (χ3n) is 6.52. The molecule has 3 N–H and O–H groups in total. The van der Waals surface area contributed by atoms with Crippen LogP contribution in [-0.4, -0.2) is 41.0 Å². The monoisotopic (exact) mass is 539 g/mol. The van der Waals surface area contributed by atoms with Crippen molar-refractivity contribution in [2.45, 2.75) is 38.6 Å². The molecule has 1 heterocycles. The molecule has 0 saturated carbocycles. The Balaban J connectivity index is 1.64. The van der Waals surface area contributed by atoms with Crippen LogP contribution in [0.3, 0.4) is 0 Å². The average molecular weight is 540 g/mol. The summed E-state index contributed by atoms with van der Waals surface area (Å²) in [6.45, 7) is 2.33. The van der Waals surface area contributed by atoms with E-state index in [4.69, 9.17) is 14.8 Å². The highest BCUT2D eigenvalue weighted by atomic mass is 16.5. The number of aromatic nitrogens is 1. The summed E-state index contributed by atoms with van der Waals surface area (Å²) in [5, 5.41) is 15.5. The van der Waals surface area contributed by atoms with Gasteiger partial charge in [0.15, 0.2) is 0 Å². The Kier molecular flexibility index (Phi) is 9.83. The number of benzene rings is 3. The molecule has 0 unspecified atom stereocenters. The summed E-state index contributed by atoms with van der Waals surface area (Å²) in [5.74, 6) is -1.05. The zero-order chi connectivity index (χ0) is 28.3. The molecule has 0 aliphatic rings. The van der Waals surface area contributed by atoms with Gasteiger partial charge in [0.05, 0.1) is 30.9 Å². The second-order valence-corrected chi connectivity index (χ2v) is 9.36. The van der Waals surface area contributed by atoms with Crippen molar-refractivity contribution < 1.29 is 24.2 Å². The summed E-state index contributed by atoms with van der Waals surface area (Å²) in [7, 11) is 0. The number of hydrogen-bond acceptors (Lipinski definition) is 5. The van der Waals surface area contributed by atoms with Gasteiger partial charge in [-0.25, -0.2) is 4.98 Å². The zero-order valence-electron chi connectivity index (χ0n) is 22.4. The van der Waals surface area contributed by atoms with Crippen LogP contribution in [0.4, 0.5) is 0 Å². The van der Waals surface area contributed by atoms with E-state index in [9.17, 15) is 14.4 Å². The minimum absolute atomic E-state index is 0.0759. The molecule has 4 rings (SSSR count). The molecule has 0 bridgehead atoms. The second-order valence-electron chi connectivity index (χ2n) is 9.36. The molecule has 2 amide bonds. The maximum absolute atomic E-state index is 13.5. The number of nitrogens with one attached hydrogen (secondary N) is 2. The molecular weight excluding hydrogens is 506 g/mol. The van der Waals surface area contributed by atoms with Gasteiger partial charge < -0.3 is 20.5 Å². The first-order valence-electron chi connectivity index (χ1n) is 13.4. The second kappa shape index (κ2) is 13.9. The summed E-state index contributed by atoms with van der Waals surface area (Å²) in [5.41, 5.74) is 3.94. The van der Waals surface area contributed by atoms with Gasteiger partial charge in [0.25, 0.3) is 0 Å². The number of nitrogens with zero attached hydrogens (tertiary/aromatic N) is 1. The summed E-state index contributed by atoms with van der Waals surface area (Å²) in [6.07, 6.45) is 0.480. The van der Waals surface area contributed by atoms with E-state index < -0.39 is 5.97 Å². The molecule has 206 valence electrons. The summed E-state index contributed by atoms with van der Waals surface area (Å²) in [6, 6.07) is 27.0. The zero-order valence-corrected chi connectivity index (χ0v) is 22.4. The molecule has 0 aliphatic carbocycles. The summed E-state index contributed by atoms with van der Waals surface area (Å²) < 4.78 is 6.25. The normalized spacial score (nSPS) is 11.5. The van der Waals surface area contributed by atoms with Crippen molar-refractivity contribution in [3.8, 4) is 17.0 Å². The van der Waals surface area contributed by atoms with E-state index in [0.29, 0.717) is 17.0 Å². The number of para-hydroxylation sites is 1. The molecule has 8 heteroatoms. The number of ether oxygens (including phenoxy) is 1. The first-order chi connectivity index (χ1) is 19.5. The molecule has 4 aromatic rings. The quantitative estimate of drug-likeness (QED) is 0.204. The number of amides is 2. The average Bonchev–Trinajstić information content (AvgIpc) is 2.98. The third-order valence-corrected chi connectivity index (χ3v) is 6.52. The minimum atomic E-state index is -1.03. The van der Waals surface area contributed by atoms with Crippen LogP contribution >= 0.6 is 0 Å². The Labute approximate surface area is 233 Å². The van der Waals surface area contributed by atoms with Crippen LogP contribution in [0.25, 0.3) is 22.2 Å². The fraction of sp³-hybridized carbons (Fsp3) is 0.250. The fourth-order valence-corrected chi connectivity index (χ4v) is 4.55. The van der Waals surface area contributed by atoms with Crippen molar-refractivity contribution in [2.24, 2.45) is 0 Å².